The molecule has 0 saturated carbocycles. The second-order valence-corrected chi connectivity index (χ2v) is 6.26. The van der Waals surface area contributed by atoms with Crippen LogP contribution in [0.15, 0.2) is 24.3 Å². The molecule has 2 N–H and O–H groups in total. The summed E-state index contributed by atoms with van der Waals surface area (Å²) in [5, 5.41) is 0. The highest BCUT2D eigenvalue weighted by atomic mass is 16.5. The summed E-state index contributed by atoms with van der Waals surface area (Å²) < 4.78 is 5.05. The quantitative estimate of drug-likeness (QED) is 0.389. The van der Waals surface area contributed by atoms with Gasteiger partial charge in [0, 0.05) is 20.0 Å². The summed E-state index contributed by atoms with van der Waals surface area (Å²) in [7, 11) is 3.14. The van der Waals surface area contributed by atoms with E-state index in [2.05, 4.69) is 10.9 Å². The van der Waals surface area contributed by atoms with Gasteiger partial charge < -0.3 is 9.64 Å². The molecule has 0 radical (unpaired) electrons. The molecule has 0 atom stereocenters. The van der Waals surface area contributed by atoms with Gasteiger partial charge in [-0.05, 0) is 30.5 Å². The Kier molecular flexibility index (Phi) is 7.16. The van der Waals surface area contributed by atoms with E-state index in [1.165, 1.54) is 9.80 Å². The van der Waals surface area contributed by atoms with Crippen molar-refractivity contribution in [3.8, 4) is 5.75 Å². The molecule has 5 amide bonds. The minimum Gasteiger partial charge on any atom is -0.497 e. The molecule has 1 aromatic rings. The fourth-order valence-corrected chi connectivity index (χ4v) is 2.62. The molecule has 0 unspecified atom stereocenters. The Hall–Kier alpha value is -3.10. The highest BCUT2D eigenvalue weighted by molar-refractivity contribution is 6.01. The third-order valence-electron chi connectivity index (χ3n) is 4.13. The number of carbonyl (C=O) groups is 4. The molecule has 1 fully saturated rings. The summed E-state index contributed by atoms with van der Waals surface area (Å²) in [4.78, 5) is 49.5. The van der Waals surface area contributed by atoms with Gasteiger partial charge in [-0.1, -0.05) is 12.1 Å². The zero-order valence-electron chi connectivity index (χ0n) is 15.5. The molecular weight excluding hydrogens is 352 g/mol. The van der Waals surface area contributed by atoms with Gasteiger partial charge in [0.2, 0.25) is 17.7 Å². The van der Waals surface area contributed by atoms with Crippen LogP contribution >= 0.6 is 0 Å². The van der Waals surface area contributed by atoms with E-state index in [1.54, 1.807) is 38.4 Å². The average molecular weight is 376 g/mol. The first-order valence-electron chi connectivity index (χ1n) is 8.66. The number of rotatable bonds is 8. The first-order valence-corrected chi connectivity index (χ1v) is 8.66. The molecular formula is C18H24N4O5. The number of methoxy groups -OCH3 is 1. The first kappa shape index (κ1) is 20.2. The van der Waals surface area contributed by atoms with Crippen molar-refractivity contribution in [3.05, 3.63) is 29.8 Å². The second kappa shape index (κ2) is 9.56. The van der Waals surface area contributed by atoms with E-state index in [0.717, 1.165) is 5.56 Å². The molecule has 1 aliphatic rings. The molecule has 1 aliphatic heterocycles. The fourth-order valence-electron chi connectivity index (χ4n) is 2.62. The van der Waals surface area contributed by atoms with Gasteiger partial charge in [-0.15, -0.1) is 0 Å². The van der Waals surface area contributed by atoms with E-state index in [1.807, 2.05) is 0 Å². The van der Waals surface area contributed by atoms with Crippen LogP contribution in [0.2, 0.25) is 0 Å². The molecule has 0 aromatic heterocycles. The lowest BCUT2D eigenvalue weighted by atomic mass is 10.1. The molecule has 1 heterocycles. The van der Waals surface area contributed by atoms with Gasteiger partial charge in [0.1, 0.15) is 12.3 Å². The predicted molar refractivity (Wildman–Crippen MR) is 96.6 cm³/mol. The molecule has 1 aromatic carbocycles. The van der Waals surface area contributed by atoms with Crippen LogP contribution < -0.4 is 15.6 Å². The van der Waals surface area contributed by atoms with Crippen LogP contribution in [0.3, 0.4) is 0 Å². The summed E-state index contributed by atoms with van der Waals surface area (Å²) in [5.41, 5.74) is 5.52. The van der Waals surface area contributed by atoms with Crippen LogP contribution in [0.4, 0.5) is 4.79 Å². The van der Waals surface area contributed by atoms with Gasteiger partial charge in [0.25, 0.3) is 0 Å². The Bertz CT molecular complexity index is 704. The number of hydrazine groups is 1. The third kappa shape index (κ3) is 5.98. The number of hydrogen-bond acceptors (Lipinski definition) is 5. The maximum atomic E-state index is 11.8. The number of ether oxygens (including phenoxy) is 1. The van der Waals surface area contributed by atoms with Crippen molar-refractivity contribution >= 4 is 23.8 Å². The van der Waals surface area contributed by atoms with E-state index in [9.17, 15) is 19.2 Å². The summed E-state index contributed by atoms with van der Waals surface area (Å²) in [6, 6.07) is 6.76. The van der Waals surface area contributed by atoms with Crippen LogP contribution in [-0.2, 0) is 20.8 Å². The van der Waals surface area contributed by atoms with Gasteiger partial charge in [-0.25, -0.2) is 4.79 Å². The maximum absolute atomic E-state index is 11.8. The van der Waals surface area contributed by atoms with Crippen molar-refractivity contribution in [2.45, 2.75) is 25.7 Å². The van der Waals surface area contributed by atoms with E-state index >= 15 is 0 Å². The number of unbranched alkanes of at least 4 members (excludes halogenated alkanes) is 1. The zero-order valence-corrected chi connectivity index (χ0v) is 15.5. The van der Waals surface area contributed by atoms with Crippen LogP contribution in [0, 0.1) is 0 Å². The molecule has 27 heavy (non-hydrogen) atoms. The van der Waals surface area contributed by atoms with E-state index < -0.39 is 0 Å². The number of benzene rings is 1. The normalized spacial score (nSPS) is 13.7. The van der Waals surface area contributed by atoms with Crippen LogP contribution in [0.25, 0.3) is 0 Å². The summed E-state index contributed by atoms with van der Waals surface area (Å²) in [6.45, 7) is 0.388. The predicted octanol–water partition coefficient (Wildman–Crippen LogP) is 0.449. The SMILES string of the molecule is COc1ccc(CC(=O)NNC(=O)CCCCN2C(=O)CN(C)C2=O)cc1. The Morgan fingerprint density at radius 2 is 1.74 bits per heavy atom. The fraction of sp³-hybridized carbons (Fsp3) is 0.444. The molecule has 0 bridgehead atoms. The van der Waals surface area contributed by atoms with E-state index in [-0.39, 0.29) is 43.1 Å². The van der Waals surface area contributed by atoms with Crippen molar-refractivity contribution in [2.75, 3.05) is 27.2 Å². The van der Waals surface area contributed by atoms with Gasteiger partial charge in [-0.2, -0.15) is 0 Å². The third-order valence-corrected chi connectivity index (χ3v) is 4.13. The highest BCUT2D eigenvalue weighted by Gasteiger charge is 2.32. The van der Waals surface area contributed by atoms with E-state index in [4.69, 9.17) is 4.74 Å². The Morgan fingerprint density at radius 1 is 1.07 bits per heavy atom. The average Bonchev–Trinajstić information content (AvgIpc) is 2.89. The maximum Gasteiger partial charge on any atom is 0.326 e. The Morgan fingerprint density at radius 3 is 2.33 bits per heavy atom. The van der Waals surface area contributed by atoms with Crippen LogP contribution in [-0.4, -0.2) is 60.8 Å². The topological polar surface area (TPSA) is 108 Å². The lowest BCUT2D eigenvalue weighted by Crippen LogP contribution is -2.42. The van der Waals surface area contributed by atoms with Gasteiger partial charge in [-0.3, -0.25) is 30.1 Å². The van der Waals surface area contributed by atoms with Gasteiger partial charge >= 0.3 is 6.03 Å². The van der Waals surface area contributed by atoms with Gasteiger partial charge in [0.05, 0.1) is 13.5 Å². The molecule has 1 saturated heterocycles. The Labute approximate surface area is 157 Å². The van der Waals surface area contributed by atoms with Crippen molar-refractivity contribution < 1.29 is 23.9 Å². The lowest BCUT2D eigenvalue weighted by Gasteiger charge is -2.13. The number of amides is 5. The standard InChI is InChI=1S/C18H24N4O5/c1-21-12-17(25)22(18(21)26)10-4-3-5-15(23)19-20-16(24)11-13-6-8-14(27-2)9-7-13/h6-9H,3-5,10-12H2,1-2H3,(H,19,23)(H,20,24). The molecule has 0 aliphatic carbocycles. The van der Waals surface area contributed by atoms with Crippen molar-refractivity contribution in [3.63, 3.8) is 0 Å². The van der Waals surface area contributed by atoms with Crippen molar-refractivity contribution in [2.24, 2.45) is 0 Å². The Balaban J connectivity index is 1.60. The molecule has 2 rings (SSSR count). The van der Waals surface area contributed by atoms with Gasteiger partial charge in [0.15, 0.2) is 0 Å². The minimum atomic E-state index is -0.329. The second-order valence-electron chi connectivity index (χ2n) is 6.26. The minimum absolute atomic E-state index is 0.0968. The smallest absolute Gasteiger partial charge is 0.326 e. The first-order chi connectivity index (χ1) is 12.9. The van der Waals surface area contributed by atoms with Crippen LogP contribution in [0.1, 0.15) is 24.8 Å². The van der Waals surface area contributed by atoms with Crippen LogP contribution in [0.5, 0.6) is 5.75 Å². The number of carbonyl (C=O) groups excluding carboxylic acids is 4. The number of nitrogens with zero attached hydrogens (tertiary/aromatic N) is 2. The van der Waals surface area contributed by atoms with E-state index in [0.29, 0.717) is 25.1 Å². The highest BCUT2D eigenvalue weighted by Crippen LogP contribution is 2.11. The molecule has 9 heteroatoms. The molecule has 9 nitrogen and oxygen atoms in total. The number of imide groups is 1. The number of likely N-dealkylation sites (N-methyl/N-ethyl adjacent to an activating group) is 1. The largest absolute Gasteiger partial charge is 0.497 e. The van der Waals surface area contributed by atoms with Crippen molar-refractivity contribution in [1.29, 1.82) is 0 Å². The summed E-state index contributed by atoms with van der Waals surface area (Å²) in [5.74, 6) is -0.173. The molecule has 0 spiro atoms. The van der Waals surface area contributed by atoms with Crippen molar-refractivity contribution in [1.82, 2.24) is 20.7 Å². The number of hydrogen-bond donors (Lipinski definition) is 2. The summed E-state index contributed by atoms with van der Waals surface area (Å²) in [6.07, 6.45) is 1.35. The lowest BCUT2D eigenvalue weighted by molar-refractivity contribution is -0.128. The zero-order chi connectivity index (χ0) is 19.8. The molecule has 146 valence electrons. The number of urea groups is 1. The summed E-state index contributed by atoms with van der Waals surface area (Å²) >= 11 is 0. The number of nitrogens with one attached hydrogen (secondary N) is 2. The monoisotopic (exact) mass is 376 g/mol.